The van der Waals surface area contributed by atoms with Gasteiger partial charge in [-0.1, -0.05) is 30.3 Å². The Balaban J connectivity index is 1.94. The number of anilines is 1. The predicted molar refractivity (Wildman–Crippen MR) is 96.5 cm³/mol. The first-order valence-corrected chi connectivity index (χ1v) is 8.55. The Morgan fingerprint density at radius 1 is 1.29 bits per heavy atom. The van der Waals surface area contributed by atoms with Crippen molar-refractivity contribution in [1.29, 1.82) is 0 Å². The molecule has 0 saturated carbocycles. The van der Waals surface area contributed by atoms with Crippen LogP contribution in [-0.4, -0.2) is 54.3 Å². The molecule has 4 rings (SSSR count). The Labute approximate surface area is 156 Å². The number of fused-ring (bicyclic) bond motifs is 1. The first-order valence-electron chi connectivity index (χ1n) is 8.55. The molecule has 1 fully saturated rings. The fourth-order valence-electron chi connectivity index (χ4n) is 3.41. The number of imidazole rings is 1. The van der Waals surface area contributed by atoms with E-state index in [2.05, 4.69) is 9.97 Å². The molecule has 10 nitrogen and oxygen atoms in total. The van der Waals surface area contributed by atoms with Gasteiger partial charge in [0.25, 0.3) is 5.56 Å². The van der Waals surface area contributed by atoms with Crippen LogP contribution in [0.5, 0.6) is 0 Å². The molecular weight excluding hydrogens is 373 g/mol. The Bertz CT molecular complexity index is 1120. The lowest BCUT2D eigenvalue weighted by Crippen LogP contribution is -2.34. The lowest BCUT2D eigenvalue weighted by atomic mass is 10.1. The van der Waals surface area contributed by atoms with E-state index < -0.39 is 42.5 Å². The summed E-state index contributed by atoms with van der Waals surface area (Å²) in [7, 11) is 0. The van der Waals surface area contributed by atoms with E-state index in [1.165, 1.54) is 0 Å². The number of hydrogen-bond donors (Lipinski definition) is 4. The van der Waals surface area contributed by atoms with Gasteiger partial charge in [-0.05, 0) is 5.56 Å². The summed E-state index contributed by atoms with van der Waals surface area (Å²) >= 11 is 0. The second kappa shape index (κ2) is 6.86. The lowest BCUT2D eigenvalue weighted by molar-refractivity contribution is -0.0513. The minimum atomic E-state index is -1.91. The number of nitrogens with one attached hydrogen (secondary N) is 1. The second-order valence-corrected chi connectivity index (χ2v) is 6.53. The third-order valence-corrected chi connectivity index (χ3v) is 4.74. The molecular formula is C17H18FN5O5. The van der Waals surface area contributed by atoms with Crippen molar-refractivity contribution in [3.63, 3.8) is 0 Å². The number of alkyl halides is 1. The minimum Gasteiger partial charge on any atom is -0.394 e. The zero-order valence-electron chi connectivity index (χ0n) is 14.5. The van der Waals surface area contributed by atoms with Crippen molar-refractivity contribution in [2.75, 3.05) is 12.3 Å². The summed E-state index contributed by atoms with van der Waals surface area (Å²) in [5, 5.41) is 19.4. The highest BCUT2D eigenvalue weighted by atomic mass is 19.1. The number of nitrogens with zero attached hydrogens (tertiary/aromatic N) is 3. The summed E-state index contributed by atoms with van der Waals surface area (Å²) in [4.78, 5) is 31.9. The van der Waals surface area contributed by atoms with E-state index >= 15 is 0 Å². The summed E-state index contributed by atoms with van der Waals surface area (Å²) in [6.07, 6.45) is -6.41. The number of halogens is 1. The van der Waals surface area contributed by atoms with Crippen LogP contribution in [0.1, 0.15) is 11.8 Å². The highest BCUT2D eigenvalue weighted by Gasteiger charge is 2.46. The number of ether oxygens (including phenoxy) is 1. The molecule has 28 heavy (non-hydrogen) atoms. The van der Waals surface area contributed by atoms with Crippen LogP contribution in [0.15, 0.2) is 39.9 Å². The van der Waals surface area contributed by atoms with Crippen molar-refractivity contribution in [2.45, 2.75) is 31.2 Å². The number of H-pyrrole nitrogens is 1. The number of hydrogen-bond acceptors (Lipinski definition) is 7. The number of aliphatic hydroxyl groups is 2. The fraction of sp³-hybridized carbons (Fsp3) is 0.353. The van der Waals surface area contributed by atoms with E-state index in [9.17, 15) is 24.2 Å². The summed E-state index contributed by atoms with van der Waals surface area (Å²) < 4.78 is 21.6. The molecule has 0 aliphatic carbocycles. The summed E-state index contributed by atoms with van der Waals surface area (Å²) in [6.45, 7) is -0.633. The van der Waals surface area contributed by atoms with Crippen molar-refractivity contribution in [1.82, 2.24) is 19.1 Å². The van der Waals surface area contributed by atoms with Gasteiger partial charge >= 0.3 is 5.69 Å². The van der Waals surface area contributed by atoms with Crippen LogP contribution in [-0.2, 0) is 11.3 Å². The van der Waals surface area contributed by atoms with Gasteiger partial charge in [0, 0.05) is 0 Å². The molecule has 1 aromatic carbocycles. The summed E-state index contributed by atoms with van der Waals surface area (Å²) in [5.41, 5.74) is 4.75. The van der Waals surface area contributed by atoms with Gasteiger partial charge in [0.2, 0.25) is 5.95 Å². The van der Waals surface area contributed by atoms with E-state index in [1.54, 1.807) is 24.3 Å². The molecule has 11 heteroatoms. The summed E-state index contributed by atoms with van der Waals surface area (Å²) in [5.74, 6) is -0.244. The standard InChI is InChI=1S/C17H18FN5O5/c18-10-9(7-24)28-15(12(10)25)23-13-11(14(26)21-16(19)20-13)22(17(23)27)6-8-4-2-1-3-5-8/h1-5,9-10,12,15,24-25H,6-7H2,(H3,19,20,21,26)/t9-,10-,12-,15-/m1/s1. The van der Waals surface area contributed by atoms with Crippen LogP contribution >= 0.6 is 0 Å². The molecule has 4 atom stereocenters. The molecule has 148 valence electrons. The van der Waals surface area contributed by atoms with Gasteiger partial charge in [-0.2, -0.15) is 4.98 Å². The zero-order valence-corrected chi connectivity index (χ0v) is 14.5. The van der Waals surface area contributed by atoms with Crippen LogP contribution in [0.25, 0.3) is 11.2 Å². The maximum absolute atomic E-state index is 14.2. The van der Waals surface area contributed by atoms with E-state index in [-0.39, 0.29) is 23.7 Å². The van der Waals surface area contributed by atoms with Crippen LogP contribution in [0, 0.1) is 0 Å². The third kappa shape index (κ3) is 2.80. The number of nitrogens with two attached hydrogens (primary N) is 1. The average molecular weight is 391 g/mol. The Hall–Kier alpha value is -3.02. The van der Waals surface area contributed by atoms with E-state index in [1.807, 2.05) is 6.07 Å². The molecule has 2 aromatic heterocycles. The molecule has 0 amide bonds. The molecule has 0 unspecified atom stereocenters. The van der Waals surface area contributed by atoms with E-state index in [0.717, 1.165) is 14.7 Å². The Morgan fingerprint density at radius 3 is 2.64 bits per heavy atom. The molecule has 0 bridgehead atoms. The van der Waals surface area contributed by atoms with Crippen LogP contribution in [0.3, 0.4) is 0 Å². The maximum atomic E-state index is 14.2. The molecule has 1 aliphatic heterocycles. The number of aromatic nitrogens is 4. The second-order valence-electron chi connectivity index (χ2n) is 6.53. The molecule has 0 radical (unpaired) electrons. The third-order valence-electron chi connectivity index (χ3n) is 4.74. The van der Waals surface area contributed by atoms with Gasteiger partial charge in [-0.3, -0.25) is 14.3 Å². The highest BCUT2D eigenvalue weighted by molar-refractivity contribution is 5.72. The van der Waals surface area contributed by atoms with E-state index in [0.29, 0.717) is 0 Å². The molecule has 5 N–H and O–H groups in total. The molecule has 1 saturated heterocycles. The van der Waals surface area contributed by atoms with Gasteiger partial charge in [-0.25, -0.2) is 13.8 Å². The maximum Gasteiger partial charge on any atom is 0.333 e. The number of aliphatic hydroxyl groups excluding tert-OH is 2. The number of aromatic amines is 1. The lowest BCUT2D eigenvalue weighted by Gasteiger charge is -2.15. The average Bonchev–Trinajstić information content (AvgIpc) is 3.10. The number of nitrogen functional groups attached to an aromatic ring is 1. The van der Waals surface area contributed by atoms with E-state index in [4.69, 9.17) is 10.5 Å². The Morgan fingerprint density at radius 2 is 2.00 bits per heavy atom. The van der Waals surface area contributed by atoms with Crippen molar-refractivity contribution >= 4 is 17.1 Å². The molecule has 3 heterocycles. The zero-order chi connectivity index (χ0) is 20.0. The normalized spacial score (nSPS) is 24.8. The number of benzene rings is 1. The minimum absolute atomic E-state index is 0.0448. The molecule has 3 aromatic rings. The van der Waals surface area contributed by atoms with Crippen molar-refractivity contribution in [2.24, 2.45) is 0 Å². The van der Waals surface area contributed by atoms with Crippen LogP contribution < -0.4 is 17.0 Å². The van der Waals surface area contributed by atoms with Gasteiger partial charge in [0.15, 0.2) is 23.6 Å². The van der Waals surface area contributed by atoms with Crippen LogP contribution in [0.2, 0.25) is 0 Å². The largest absolute Gasteiger partial charge is 0.394 e. The van der Waals surface area contributed by atoms with Crippen molar-refractivity contribution in [3.8, 4) is 0 Å². The van der Waals surface area contributed by atoms with Gasteiger partial charge in [0.1, 0.15) is 12.2 Å². The SMILES string of the molecule is Nc1nc2c(c(=O)[nH]1)n(Cc1ccccc1)c(=O)n2[C@@H]1O[C@H](CO)[C@@H](F)[C@H]1O. The Kier molecular flexibility index (Phi) is 4.49. The molecule has 0 spiro atoms. The van der Waals surface area contributed by atoms with Crippen molar-refractivity contribution in [3.05, 3.63) is 56.7 Å². The van der Waals surface area contributed by atoms with Gasteiger partial charge in [0.05, 0.1) is 13.2 Å². The van der Waals surface area contributed by atoms with Crippen molar-refractivity contribution < 1.29 is 19.3 Å². The monoisotopic (exact) mass is 391 g/mol. The topological polar surface area (TPSA) is 148 Å². The first-order chi connectivity index (χ1) is 13.4. The molecule has 1 aliphatic rings. The van der Waals surface area contributed by atoms with Crippen LogP contribution in [0.4, 0.5) is 10.3 Å². The van der Waals surface area contributed by atoms with Gasteiger partial charge < -0.3 is 20.7 Å². The van der Waals surface area contributed by atoms with Gasteiger partial charge in [-0.15, -0.1) is 0 Å². The highest BCUT2D eigenvalue weighted by Crippen LogP contribution is 2.32. The fourth-order valence-corrected chi connectivity index (χ4v) is 3.41. The number of rotatable bonds is 4. The quantitative estimate of drug-likeness (QED) is 0.451. The first kappa shape index (κ1) is 18.3. The predicted octanol–water partition coefficient (Wildman–Crippen LogP) is -0.895. The smallest absolute Gasteiger partial charge is 0.333 e. The summed E-state index contributed by atoms with van der Waals surface area (Å²) in [6, 6.07) is 8.92.